The van der Waals surface area contributed by atoms with Crippen LogP contribution >= 0.6 is 0 Å². The van der Waals surface area contributed by atoms with Crippen LogP contribution in [0.25, 0.3) is 0 Å². The summed E-state index contributed by atoms with van der Waals surface area (Å²) < 4.78 is 0. The van der Waals surface area contributed by atoms with Crippen molar-refractivity contribution in [2.24, 2.45) is 0 Å². The highest BCUT2D eigenvalue weighted by Crippen LogP contribution is 2.25. The molecule has 0 aliphatic carbocycles. The van der Waals surface area contributed by atoms with Crippen molar-refractivity contribution < 1.29 is 4.79 Å². The quantitative estimate of drug-likeness (QED) is 0.909. The van der Waals surface area contributed by atoms with E-state index in [0.29, 0.717) is 12.3 Å². The van der Waals surface area contributed by atoms with Gasteiger partial charge in [0.25, 0.3) is 0 Å². The highest BCUT2D eigenvalue weighted by molar-refractivity contribution is 5.76. The van der Waals surface area contributed by atoms with E-state index in [2.05, 4.69) is 20.2 Å². The van der Waals surface area contributed by atoms with Crippen LogP contribution in [-0.4, -0.2) is 44.1 Å². The predicted octanol–water partition coefficient (Wildman–Crippen LogP) is 2.40. The summed E-state index contributed by atoms with van der Waals surface area (Å²) in [6.07, 6.45) is 5.30. The van der Waals surface area contributed by atoms with Crippen molar-refractivity contribution in [1.29, 1.82) is 0 Å². The Balaban J connectivity index is 1.59. The molecule has 2 aromatic heterocycles. The van der Waals surface area contributed by atoms with Crippen LogP contribution in [0.2, 0.25) is 0 Å². The van der Waals surface area contributed by atoms with Crippen LogP contribution in [-0.2, 0) is 11.2 Å². The molecule has 0 radical (unpaired) electrons. The molecule has 1 aliphatic heterocycles. The number of nitrogens with one attached hydrogen (secondary N) is 2. The van der Waals surface area contributed by atoms with Crippen molar-refractivity contribution in [2.75, 3.05) is 13.1 Å². The zero-order valence-corrected chi connectivity index (χ0v) is 14.1. The summed E-state index contributed by atoms with van der Waals surface area (Å²) in [4.78, 5) is 22.3. The van der Waals surface area contributed by atoms with E-state index in [9.17, 15) is 4.79 Å². The van der Waals surface area contributed by atoms with Crippen LogP contribution < -0.4 is 0 Å². The molecule has 0 spiro atoms. The zero-order chi connectivity index (χ0) is 16.4. The van der Waals surface area contributed by atoms with E-state index in [1.165, 1.54) is 5.56 Å². The molecule has 6 heteroatoms. The summed E-state index contributed by atoms with van der Waals surface area (Å²) in [7, 11) is 0. The van der Waals surface area contributed by atoms with Gasteiger partial charge in [-0.2, -0.15) is 5.10 Å². The molecule has 1 saturated heterocycles. The maximum absolute atomic E-state index is 12.6. The van der Waals surface area contributed by atoms with E-state index in [1.807, 2.05) is 31.9 Å². The molecule has 3 rings (SSSR count). The van der Waals surface area contributed by atoms with Gasteiger partial charge in [-0.3, -0.25) is 9.89 Å². The van der Waals surface area contributed by atoms with Crippen molar-refractivity contribution in [2.45, 2.75) is 52.4 Å². The van der Waals surface area contributed by atoms with E-state index in [-0.39, 0.29) is 5.91 Å². The van der Waals surface area contributed by atoms with Crippen LogP contribution in [0.15, 0.2) is 6.20 Å². The molecular formula is C17H25N5O. The van der Waals surface area contributed by atoms with Crippen molar-refractivity contribution in [3.05, 3.63) is 34.7 Å². The van der Waals surface area contributed by atoms with Gasteiger partial charge in [0, 0.05) is 43.0 Å². The third-order valence-corrected chi connectivity index (χ3v) is 4.75. The number of hydrogen-bond acceptors (Lipinski definition) is 3. The highest BCUT2D eigenvalue weighted by atomic mass is 16.2. The van der Waals surface area contributed by atoms with Crippen molar-refractivity contribution in [3.8, 4) is 0 Å². The van der Waals surface area contributed by atoms with E-state index in [1.54, 1.807) is 0 Å². The van der Waals surface area contributed by atoms with E-state index in [4.69, 9.17) is 0 Å². The number of rotatable bonds is 4. The van der Waals surface area contributed by atoms with Gasteiger partial charge in [0.05, 0.1) is 5.69 Å². The van der Waals surface area contributed by atoms with Gasteiger partial charge in [0.15, 0.2) is 0 Å². The van der Waals surface area contributed by atoms with Crippen molar-refractivity contribution in [3.63, 3.8) is 0 Å². The van der Waals surface area contributed by atoms with Crippen LogP contribution in [0.1, 0.15) is 53.7 Å². The number of carbonyl (C=O) groups excluding carboxylic acids is 1. The zero-order valence-electron chi connectivity index (χ0n) is 14.1. The second-order valence-electron chi connectivity index (χ2n) is 6.54. The Hall–Kier alpha value is -2.11. The first-order chi connectivity index (χ1) is 11.0. The summed E-state index contributed by atoms with van der Waals surface area (Å²) in [6.45, 7) is 7.64. The lowest BCUT2D eigenvalue weighted by Gasteiger charge is -2.32. The molecule has 124 valence electrons. The van der Waals surface area contributed by atoms with Crippen LogP contribution in [0, 0.1) is 20.8 Å². The number of aromatic amines is 2. The fraction of sp³-hybridized carbons (Fsp3) is 0.588. The molecule has 2 N–H and O–H groups in total. The Kier molecular flexibility index (Phi) is 4.50. The number of H-pyrrole nitrogens is 2. The molecule has 2 aromatic rings. The molecule has 1 atom stereocenters. The van der Waals surface area contributed by atoms with Crippen LogP contribution in [0.3, 0.4) is 0 Å². The van der Waals surface area contributed by atoms with Gasteiger partial charge in [-0.25, -0.2) is 4.98 Å². The normalized spacial score (nSPS) is 18.4. The molecule has 1 aliphatic rings. The minimum Gasteiger partial charge on any atom is -0.346 e. The molecule has 1 amide bonds. The molecule has 0 saturated carbocycles. The van der Waals surface area contributed by atoms with Gasteiger partial charge in [0.2, 0.25) is 5.91 Å². The van der Waals surface area contributed by atoms with Crippen molar-refractivity contribution >= 4 is 5.91 Å². The number of aryl methyl sites for hydroxylation is 3. The largest absolute Gasteiger partial charge is 0.346 e. The lowest BCUT2D eigenvalue weighted by Crippen LogP contribution is -2.39. The highest BCUT2D eigenvalue weighted by Gasteiger charge is 2.26. The molecule has 0 unspecified atom stereocenters. The third kappa shape index (κ3) is 3.46. The Morgan fingerprint density at radius 2 is 2.22 bits per heavy atom. The Morgan fingerprint density at radius 1 is 1.39 bits per heavy atom. The average Bonchev–Trinajstić information content (AvgIpc) is 3.12. The summed E-state index contributed by atoms with van der Waals surface area (Å²) in [5, 5.41) is 7.18. The predicted molar refractivity (Wildman–Crippen MR) is 88.3 cm³/mol. The fourth-order valence-electron chi connectivity index (χ4n) is 3.40. The molecule has 3 heterocycles. The average molecular weight is 315 g/mol. The molecular weight excluding hydrogens is 290 g/mol. The Morgan fingerprint density at radius 3 is 2.87 bits per heavy atom. The second kappa shape index (κ2) is 6.56. The standard InChI is InChI=1S/C17H25N5O/c1-11-9-18-17(19-11)14-5-4-8-22(10-14)16(23)7-6-15-12(2)20-21-13(15)3/h9,14H,4-8,10H2,1-3H3,(H,18,19)(H,20,21)/t14-/m0/s1. The minimum absolute atomic E-state index is 0.234. The SMILES string of the molecule is Cc1cnc([C@H]2CCCN(C(=O)CCc3c(C)n[nH]c3C)C2)[nH]1. The van der Waals surface area contributed by atoms with Gasteiger partial charge >= 0.3 is 0 Å². The number of nitrogens with zero attached hydrogens (tertiary/aromatic N) is 3. The van der Waals surface area contributed by atoms with Crippen LogP contribution in [0.4, 0.5) is 0 Å². The third-order valence-electron chi connectivity index (χ3n) is 4.75. The minimum atomic E-state index is 0.234. The van der Waals surface area contributed by atoms with Crippen LogP contribution in [0.5, 0.6) is 0 Å². The topological polar surface area (TPSA) is 77.7 Å². The molecule has 23 heavy (non-hydrogen) atoms. The number of hydrogen-bond donors (Lipinski definition) is 2. The first kappa shape index (κ1) is 15.8. The second-order valence-corrected chi connectivity index (χ2v) is 6.54. The lowest BCUT2D eigenvalue weighted by atomic mass is 9.96. The number of piperidine rings is 1. The number of likely N-dealkylation sites (tertiary alicyclic amines) is 1. The number of imidazole rings is 1. The first-order valence-electron chi connectivity index (χ1n) is 8.34. The molecule has 0 bridgehead atoms. The number of amides is 1. The summed E-state index contributed by atoms with van der Waals surface area (Å²) in [5.41, 5.74) is 4.32. The summed E-state index contributed by atoms with van der Waals surface area (Å²) in [6, 6.07) is 0. The lowest BCUT2D eigenvalue weighted by molar-refractivity contribution is -0.132. The van der Waals surface area contributed by atoms with Gasteiger partial charge in [-0.05, 0) is 45.6 Å². The Bertz CT molecular complexity index is 667. The van der Waals surface area contributed by atoms with E-state index in [0.717, 1.165) is 55.3 Å². The summed E-state index contributed by atoms with van der Waals surface area (Å²) >= 11 is 0. The monoisotopic (exact) mass is 315 g/mol. The maximum atomic E-state index is 12.6. The molecule has 0 aromatic carbocycles. The van der Waals surface area contributed by atoms with Gasteiger partial charge in [0.1, 0.15) is 5.82 Å². The van der Waals surface area contributed by atoms with Gasteiger partial charge < -0.3 is 9.88 Å². The van der Waals surface area contributed by atoms with Crippen molar-refractivity contribution in [1.82, 2.24) is 25.1 Å². The first-order valence-corrected chi connectivity index (χ1v) is 8.34. The van der Waals surface area contributed by atoms with Gasteiger partial charge in [-0.1, -0.05) is 0 Å². The fourth-order valence-corrected chi connectivity index (χ4v) is 3.40. The molecule has 1 fully saturated rings. The van der Waals surface area contributed by atoms with E-state index >= 15 is 0 Å². The summed E-state index contributed by atoms with van der Waals surface area (Å²) in [5.74, 6) is 1.58. The molecule has 6 nitrogen and oxygen atoms in total. The smallest absolute Gasteiger partial charge is 0.222 e. The number of aromatic nitrogens is 4. The van der Waals surface area contributed by atoms with Gasteiger partial charge in [-0.15, -0.1) is 0 Å². The Labute approximate surface area is 136 Å². The number of carbonyl (C=O) groups is 1. The maximum Gasteiger partial charge on any atom is 0.222 e. The van der Waals surface area contributed by atoms with E-state index < -0.39 is 0 Å².